The molecule has 0 saturated heterocycles. The maximum absolute atomic E-state index is 13.0. The molecule has 0 aliphatic rings. The zero-order valence-electron chi connectivity index (χ0n) is 10.4. The highest BCUT2D eigenvalue weighted by molar-refractivity contribution is 9.09. The number of rotatable bonds is 7. The van der Waals surface area contributed by atoms with Gasteiger partial charge in [0, 0.05) is 11.1 Å². The predicted molar refractivity (Wildman–Crippen MR) is 76.3 cm³/mol. The Labute approximate surface area is 117 Å². The van der Waals surface area contributed by atoms with Gasteiger partial charge in [0.1, 0.15) is 15.7 Å². The molecule has 1 unspecified atom stereocenters. The summed E-state index contributed by atoms with van der Waals surface area (Å²) in [6, 6.07) is 6.46. The Hall–Kier alpha value is -0.420. The summed E-state index contributed by atoms with van der Waals surface area (Å²) in [6.07, 6.45) is 1.31. The lowest BCUT2D eigenvalue weighted by molar-refractivity contribution is 0.550. The molecular formula is C13H18BrFO2S. The van der Waals surface area contributed by atoms with Gasteiger partial charge in [0.05, 0.1) is 5.75 Å². The van der Waals surface area contributed by atoms with E-state index in [1.165, 1.54) is 12.1 Å². The highest BCUT2D eigenvalue weighted by Gasteiger charge is 2.14. The molecule has 0 spiro atoms. The number of hydrogen-bond donors (Lipinski definition) is 0. The van der Waals surface area contributed by atoms with E-state index in [1.807, 2.05) is 6.07 Å². The van der Waals surface area contributed by atoms with Gasteiger partial charge in [-0.1, -0.05) is 35.0 Å². The third-order valence-corrected chi connectivity index (χ3v) is 5.56. The maximum atomic E-state index is 13.0. The first-order chi connectivity index (χ1) is 8.46. The summed E-state index contributed by atoms with van der Waals surface area (Å²) < 4.78 is 35.9. The van der Waals surface area contributed by atoms with E-state index in [0.29, 0.717) is 12.8 Å². The van der Waals surface area contributed by atoms with Crippen LogP contribution in [-0.2, 0) is 16.3 Å². The molecule has 0 aliphatic heterocycles. The standard InChI is InChI=1S/C13H18BrFO2S/c1-2-18(16,17)7-6-12(10-14)8-11-4-3-5-13(15)9-11/h3-5,9,12H,2,6-8,10H2,1H3. The zero-order valence-corrected chi connectivity index (χ0v) is 12.8. The van der Waals surface area contributed by atoms with Crippen LogP contribution in [0.1, 0.15) is 18.9 Å². The molecule has 0 aliphatic carbocycles. The Balaban J connectivity index is 2.57. The summed E-state index contributed by atoms with van der Waals surface area (Å²) in [7, 11) is -2.92. The molecule has 0 N–H and O–H groups in total. The summed E-state index contributed by atoms with van der Waals surface area (Å²) in [5.41, 5.74) is 0.911. The molecule has 0 fully saturated rings. The molecule has 0 radical (unpaired) electrons. The first-order valence-electron chi connectivity index (χ1n) is 5.97. The van der Waals surface area contributed by atoms with Gasteiger partial charge in [-0.25, -0.2) is 12.8 Å². The largest absolute Gasteiger partial charge is 0.229 e. The molecule has 1 aromatic rings. The summed E-state index contributed by atoms with van der Waals surface area (Å²) in [5.74, 6) is 0.354. The van der Waals surface area contributed by atoms with Crippen LogP contribution in [0.2, 0.25) is 0 Å². The minimum atomic E-state index is -2.92. The molecule has 18 heavy (non-hydrogen) atoms. The Kier molecular flexibility index (Phi) is 6.29. The predicted octanol–water partition coefficient (Wildman–Crippen LogP) is 3.20. The fraction of sp³-hybridized carbons (Fsp3) is 0.538. The van der Waals surface area contributed by atoms with Crippen LogP contribution in [-0.4, -0.2) is 25.3 Å². The van der Waals surface area contributed by atoms with Gasteiger partial charge in [-0.2, -0.15) is 0 Å². The average molecular weight is 337 g/mol. The van der Waals surface area contributed by atoms with Gasteiger partial charge < -0.3 is 0 Å². The van der Waals surface area contributed by atoms with Crippen molar-refractivity contribution in [1.29, 1.82) is 0 Å². The third kappa shape index (κ3) is 5.48. The maximum Gasteiger partial charge on any atom is 0.150 e. The van der Waals surface area contributed by atoms with Crippen LogP contribution < -0.4 is 0 Å². The fourth-order valence-corrected chi connectivity index (χ4v) is 3.26. The van der Waals surface area contributed by atoms with Crippen molar-refractivity contribution in [2.75, 3.05) is 16.8 Å². The van der Waals surface area contributed by atoms with Crippen molar-refractivity contribution in [3.8, 4) is 0 Å². The van der Waals surface area contributed by atoms with Crippen LogP contribution in [0.4, 0.5) is 4.39 Å². The first-order valence-corrected chi connectivity index (χ1v) is 8.92. The van der Waals surface area contributed by atoms with E-state index in [-0.39, 0.29) is 23.2 Å². The van der Waals surface area contributed by atoms with E-state index in [9.17, 15) is 12.8 Å². The summed E-state index contributed by atoms with van der Waals surface area (Å²) in [4.78, 5) is 0. The second kappa shape index (κ2) is 7.24. The van der Waals surface area contributed by atoms with Gasteiger partial charge in [0.2, 0.25) is 0 Å². The minimum absolute atomic E-state index is 0.183. The zero-order chi connectivity index (χ0) is 13.6. The van der Waals surface area contributed by atoms with Crippen molar-refractivity contribution < 1.29 is 12.8 Å². The van der Waals surface area contributed by atoms with Crippen molar-refractivity contribution in [1.82, 2.24) is 0 Å². The molecule has 1 atom stereocenters. The first kappa shape index (κ1) is 15.6. The van der Waals surface area contributed by atoms with Crippen LogP contribution in [0.3, 0.4) is 0 Å². The lowest BCUT2D eigenvalue weighted by atomic mass is 9.99. The van der Waals surface area contributed by atoms with E-state index in [2.05, 4.69) is 15.9 Å². The van der Waals surface area contributed by atoms with E-state index in [4.69, 9.17) is 0 Å². The van der Waals surface area contributed by atoms with Gasteiger partial charge in [-0.15, -0.1) is 0 Å². The van der Waals surface area contributed by atoms with Crippen LogP contribution in [0, 0.1) is 11.7 Å². The molecule has 1 aromatic carbocycles. The van der Waals surface area contributed by atoms with Crippen molar-refractivity contribution in [2.24, 2.45) is 5.92 Å². The third-order valence-electron chi connectivity index (χ3n) is 2.91. The number of hydrogen-bond acceptors (Lipinski definition) is 2. The van der Waals surface area contributed by atoms with Gasteiger partial charge in [0.25, 0.3) is 0 Å². The molecule has 0 aromatic heterocycles. The number of alkyl halides is 1. The summed E-state index contributed by atoms with van der Waals surface area (Å²) in [5, 5.41) is 0.725. The van der Waals surface area contributed by atoms with Crippen molar-refractivity contribution >= 4 is 25.8 Å². The Morgan fingerprint density at radius 3 is 2.67 bits per heavy atom. The summed E-state index contributed by atoms with van der Waals surface area (Å²) in [6.45, 7) is 1.66. The van der Waals surface area contributed by atoms with Gasteiger partial charge in [0.15, 0.2) is 0 Å². The highest BCUT2D eigenvalue weighted by Crippen LogP contribution is 2.17. The van der Waals surface area contributed by atoms with Crippen LogP contribution in [0.15, 0.2) is 24.3 Å². The van der Waals surface area contributed by atoms with Gasteiger partial charge in [-0.3, -0.25) is 0 Å². The topological polar surface area (TPSA) is 34.1 Å². The Morgan fingerprint density at radius 1 is 1.39 bits per heavy atom. The molecule has 0 amide bonds. The van der Waals surface area contributed by atoms with Crippen LogP contribution in [0.25, 0.3) is 0 Å². The smallest absolute Gasteiger partial charge is 0.150 e. The fourth-order valence-electron chi connectivity index (χ4n) is 1.72. The summed E-state index contributed by atoms with van der Waals surface area (Å²) >= 11 is 3.39. The molecule has 0 saturated carbocycles. The quantitative estimate of drug-likeness (QED) is 0.716. The lowest BCUT2D eigenvalue weighted by Crippen LogP contribution is -2.15. The van der Waals surface area contributed by atoms with Gasteiger partial charge in [-0.05, 0) is 36.5 Å². The van der Waals surface area contributed by atoms with Crippen molar-refractivity contribution in [3.63, 3.8) is 0 Å². The van der Waals surface area contributed by atoms with E-state index >= 15 is 0 Å². The Bertz CT molecular complexity index is 474. The molecule has 5 heteroatoms. The minimum Gasteiger partial charge on any atom is -0.229 e. The van der Waals surface area contributed by atoms with Crippen molar-refractivity contribution in [3.05, 3.63) is 35.6 Å². The second-order valence-electron chi connectivity index (χ2n) is 4.38. The molecule has 102 valence electrons. The van der Waals surface area contributed by atoms with E-state index < -0.39 is 9.84 Å². The molecule has 1 rings (SSSR count). The molecular weight excluding hydrogens is 319 g/mol. The SMILES string of the molecule is CCS(=O)(=O)CCC(CBr)Cc1cccc(F)c1. The lowest BCUT2D eigenvalue weighted by Gasteiger charge is -2.14. The van der Waals surface area contributed by atoms with Crippen molar-refractivity contribution in [2.45, 2.75) is 19.8 Å². The number of benzene rings is 1. The Morgan fingerprint density at radius 2 is 2.11 bits per heavy atom. The second-order valence-corrected chi connectivity index (χ2v) is 7.50. The number of halogens is 2. The highest BCUT2D eigenvalue weighted by atomic mass is 79.9. The van der Waals surface area contributed by atoms with E-state index in [0.717, 1.165) is 10.9 Å². The van der Waals surface area contributed by atoms with Crippen LogP contribution in [0.5, 0.6) is 0 Å². The average Bonchev–Trinajstić information content (AvgIpc) is 2.34. The molecule has 0 bridgehead atoms. The van der Waals surface area contributed by atoms with E-state index in [1.54, 1.807) is 13.0 Å². The van der Waals surface area contributed by atoms with Crippen LogP contribution >= 0.6 is 15.9 Å². The van der Waals surface area contributed by atoms with Gasteiger partial charge >= 0.3 is 0 Å². The monoisotopic (exact) mass is 336 g/mol. The molecule has 2 nitrogen and oxygen atoms in total. The number of sulfone groups is 1. The normalized spacial score (nSPS) is 13.5. The molecule has 0 heterocycles.